The zero-order valence-corrected chi connectivity index (χ0v) is 14.8. The highest BCUT2D eigenvalue weighted by Gasteiger charge is 2.20. The maximum atomic E-state index is 12.0. The molecule has 0 aliphatic heterocycles. The van der Waals surface area contributed by atoms with Crippen molar-refractivity contribution in [3.63, 3.8) is 0 Å². The van der Waals surface area contributed by atoms with E-state index in [-0.39, 0.29) is 22.2 Å². The van der Waals surface area contributed by atoms with Crippen LogP contribution in [0.1, 0.15) is 17.3 Å². The van der Waals surface area contributed by atoms with Crippen molar-refractivity contribution < 1.29 is 17.4 Å². The Kier molecular flexibility index (Phi) is 6.93. The molecular weight excluding hydrogens is 381 g/mol. The van der Waals surface area contributed by atoms with E-state index in [4.69, 9.17) is 33.9 Å². The number of carbonyl (C=O) groups excluding carboxylic acids is 1. The molecule has 1 unspecified atom stereocenters. The van der Waals surface area contributed by atoms with Gasteiger partial charge < -0.3 is 5.32 Å². The summed E-state index contributed by atoms with van der Waals surface area (Å²) >= 11 is 11.6. The molecule has 1 N–H and O–H groups in total. The minimum atomic E-state index is -4.09. The van der Waals surface area contributed by atoms with Gasteiger partial charge in [0.1, 0.15) is 4.90 Å². The lowest BCUT2D eigenvalue weighted by molar-refractivity contribution is 0.0956. The van der Waals surface area contributed by atoms with Crippen molar-refractivity contribution in [3.8, 4) is 0 Å². The van der Waals surface area contributed by atoms with E-state index in [1.165, 1.54) is 0 Å². The molecule has 21 heavy (non-hydrogen) atoms. The van der Waals surface area contributed by atoms with Crippen LogP contribution in [0.25, 0.3) is 0 Å². The highest BCUT2D eigenvalue weighted by atomic mass is 35.7. The fourth-order valence-electron chi connectivity index (χ4n) is 1.41. The summed E-state index contributed by atoms with van der Waals surface area (Å²) in [5, 5.41) is 2.34. The topological polar surface area (TPSA) is 80.3 Å². The molecule has 118 valence electrons. The summed E-state index contributed by atoms with van der Waals surface area (Å²) in [6.45, 7) is 1.95. The van der Waals surface area contributed by atoms with Gasteiger partial charge in [-0.2, -0.15) is 0 Å². The minimum Gasteiger partial charge on any atom is -0.351 e. The monoisotopic (exact) mass is 391 g/mol. The van der Waals surface area contributed by atoms with Crippen molar-refractivity contribution in [1.82, 2.24) is 5.32 Å². The van der Waals surface area contributed by atoms with Crippen LogP contribution in [0.4, 0.5) is 0 Å². The second-order valence-corrected chi connectivity index (χ2v) is 9.10. The zero-order chi connectivity index (χ0) is 16.2. The average Bonchev–Trinajstić information content (AvgIpc) is 2.36. The number of rotatable bonds is 6. The van der Waals surface area contributed by atoms with Crippen molar-refractivity contribution in [2.45, 2.75) is 11.8 Å². The molecule has 0 spiro atoms. The van der Waals surface area contributed by atoms with E-state index in [1.54, 1.807) is 6.92 Å². The standard InChI is InChI=1S/C11H12Cl3NO4S2/c1-2-20(17)4-3-15-11(16)7-5-10(21(14,18)19)9(13)6-8(7)12/h5-6H,2-4H2,1H3,(H,15,16). The molecule has 10 heteroatoms. The SMILES string of the molecule is CCS(=O)CCNC(=O)c1cc(S(=O)(=O)Cl)c(Cl)cc1Cl. The van der Waals surface area contributed by atoms with Crippen LogP contribution in [0.15, 0.2) is 17.0 Å². The Hall–Kier alpha value is -0.340. The van der Waals surface area contributed by atoms with Crippen molar-refractivity contribution in [3.05, 3.63) is 27.7 Å². The summed E-state index contributed by atoms with van der Waals surface area (Å²) in [6, 6.07) is 2.15. The molecular formula is C11H12Cl3NO4S2. The zero-order valence-electron chi connectivity index (χ0n) is 10.9. The van der Waals surface area contributed by atoms with E-state index >= 15 is 0 Å². The maximum Gasteiger partial charge on any atom is 0.262 e. The van der Waals surface area contributed by atoms with Crippen molar-refractivity contribution in [2.75, 3.05) is 18.1 Å². The number of carbonyl (C=O) groups is 1. The lowest BCUT2D eigenvalue weighted by atomic mass is 10.2. The van der Waals surface area contributed by atoms with E-state index < -0.39 is 30.7 Å². The van der Waals surface area contributed by atoms with Crippen LogP contribution in [0, 0.1) is 0 Å². The van der Waals surface area contributed by atoms with E-state index in [0.717, 1.165) is 12.1 Å². The predicted octanol–water partition coefficient (Wildman–Crippen LogP) is 2.42. The first kappa shape index (κ1) is 18.7. The summed E-state index contributed by atoms with van der Waals surface area (Å²) in [7, 11) is 0.126. The third-order valence-electron chi connectivity index (χ3n) is 2.47. The molecule has 0 bridgehead atoms. The molecule has 5 nitrogen and oxygen atoms in total. The van der Waals surface area contributed by atoms with E-state index in [0.29, 0.717) is 11.5 Å². The van der Waals surface area contributed by atoms with E-state index in [1.807, 2.05) is 0 Å². The molecule has 0 aromatic heterocycles. The van der Waals surface area contributed by atoms with Gasteiger partial charge in [-0.1, -0.05) is 30.1 Å². The summed E-state index contributed by atoms with van der Waals surface area (Å²) in [6.07, 6.45) is 0. The highest BCUT2D eigenvalue weighted by molar-refractivity contribution is 8.13. The van der Waals surface area contributed by atoms with Gasteiger partial charge in [0, 0.05) is 39.5 Å². The van der Waals surface area contributed by atoms with Crippen molar-refractivity contribution in [2.24, 2.45) is 0 Å². The van der Waals surface area contributed by atoms with Crippen LogP contribution in [0.5, 0.6) is 0 Å². The molecule has 0 heterocycles. The Morgan fingerprint density at radius 3 is 2.43 bits per heavy atom. The van der Waals surface area contributed by atoms with Crippen molar-refractivity contribution >= 4 is 59.6 Å². The van der Waals surface area contributed by atoms with E-state index in [9.17, 15) is 17.4 Å². The second kappa shape index (κ2) is 7.78. The number of benzene rings is 1. The first-order valence-electron chi connectivity index (χ1n) is 5.73. The molecule has 0 aliphatic carbocycles. The van der Waals surface area contributed by atoms with Crippen molar-refractivity contribution in [1.29, 1.82) is 0 Å². The Balaban J connectivity index is 2.97. The molecule has 0 radical (unpaired) electrons. The number of nitrogens with one attached hydrogen (secondary N) is 1. The number of amides is 1. The normalized spacial score (nSPS) is 13.0. The first-order valence-corrected chi connectivity index (χ1v) is 10.3. The van der Waals surface area contributed by atoms with Crippen LogP contribution in [0.3, 0.4) is 0 Å². The molecule has 1 rings (SSSR count). The lowest BCUT2D eigenvalue weighted by Crippen LogP contribution is -2.28. The van der Waals surface area contributed by atoms with Gasteiger partial charge in [0.25, 0.3) is 15.0 Å². The average molecular weight is 393 g/mol. The fraction of sp³-hybridized carbons (Fsp3) is 0.364. The molecule has 0 saturated heterocycles. The van der Waals surface area contributed by atoms with Gasteiger partial charge in [0.05, 0.1) is 15.6 Å². The third kappa shape index (κ3) is 5.41. The molecule has 1 aromatic carbocycles. The largest absolute Gasteiger partial charge is 0.351 e. The Bertz CT molecular complexity index is 676. The van der Waals surface area contributed by atoms with Gasteiger partial charge in [-0.15, -0.1) is 0 Å². The predicted molar refractivity (Wildman–Crippen MR) is 85.4 cm³/mol. The summed E-state index contributed by atoms with van der Waals surface area (Å²) in [5.74, 6) is 0.201. The highest BCUT2D eigenvalue weighted by Crippen LogP contribution is 2.30. The quantitative estimate of drug-likeness (QED) is 0.754. The third-order valence-corrected chi connectivity index (χ3v) is 5.87. The molecule has 1 amide bonds. The van der Waals surface area contributed by atoms with Gasteiger partial charge >= 0.3 is 0 Å². The summed E-state index contributed by atoms with van der Waals surface area (Å²) in [5.41, 5.74) is -0.0671. The lowest BCUT2D eigenvalue weighted by Gasteiger charge is -2.09. The number of hydrogen-bond donors (Lipinski definition) is 1. The number of halogens is 3. The van der Waals surface area contributed by atoms with Crippen LogP contribution in [-0.2, 0) is 19.9 Å². The molecule has 0 aliphatic rings. The number of hydrogen-bond acceptors (Lipinski definition) is 4. The molecule has 0 saturated carbocycles. The van der Waals surface area contributed by atoms with Gasteiger partial charge in [-0.05, 0) is 12.1 Å². The maximum absolute atomic E-state index is 12.0. The Morgan fingerprint density at radius 2 is 1.90 bits per heavy atom. The summed E-state index contributed by atoms with van der Waals surface area (Å²) < 4.78 is 33.9. The van der Waals surface area contributed by atoms with Crippen LogP contribution < -0.4 is 5.32 Å². The van der Waals surface area contributed by atoms with Crippen LogP contribution in [0.2, 0.25) is 10.0 Å². The first-order chi connectivity index (χ1) is 9.66. The van der Waals surface area contributed by atoms with Gasteiger partial charge in [-0.25, -0.2) is 8.42 Å². The minimum absolute atomic E-state index is 0.00168. The fourth-order valence-corrected chi connectivity index (χ4v) is 3.85. The van der Waals surface area contributed by atoms with E-state index in [2.05, 4.69) is 5.32 Å². The van der Waals surface area contributed by atoms with Crippen LogP contribution >= 0.6 is 33.9 Å². The Labute approximate surface area is 139 Å². The van der Waals surface area contributed by atoms with Gasteiger partial charge in [0.2, 0.25) is 0 Å². The molecule has 1 atom stereocenters. The van der Waals surface area contributed by atoms with Crippen LogP contribution in [-0.4, -0.2) is 36.6 Å². The molecule has 0 fully saturated rings. The Morgan fingerprint density at radius 1 is 1.29 bits per heavy atom. The van der Waals surface area contributed by atoms with Gasteiger partial charge in [0.15, 0.2) is 0 Å². The van der Waals surface area contributed by atoms with Gasteiger partial charge in [-0.3, -0.25) is 9.00 Å². The smallest absolute Gasteiger partial charge is 0.262 e. The molecule has 1 aromatic rings. The summed E-state index contributed by atoms with van der Waals surface area (Å²) in [4.78, 5) is 11.6. The second-order valence-electron chi connectivity index (χ2n) is 3.89.